The molecule has 80 valence electrons. The summed E-state index contributed by atoms with van der Waals surface area (Å²) in [6, 6.07) is 0. The summed E-state index contributed by atoms with van der Waals surface area (Å²) in [6.07, 6.45) is 5.07. The Balaban J connectivity index is 3.63. The number of aliphatic carboxylic acids is 1. The van der Waals surface area contributed by atoms with Gasteiger partial charge in [0.15, 0.2) is 0 Å². The number of carboxylic acid groups (broad SMARTS) is 1. The van der Waals surface area contributed by atoms with Gasteiger partial charge in [0.25, 0.3) is 0 Å². The molecule has 5 nitrogen and oxygen atoms in total. The maximum absolute atomic E-state index is 10.4. The summed E-state index contributed by atoms with van der Waals surface area (Å²) in [5.74, 6) is 1.46. The lowest BCUT2D eigenvalue weighted by Crippen LogP contribution is -2.33. The van der Waals surface area contributed by atoms with Crippen LogP contribution in [0.15, 0.2) is 0 Å². The zero-order valence-corrected chi connectivity index (χ0v) is 7.98. The highest BCUT2D eigenvalue weighted by molar-refractivity contribution is 5.69. The predicted octanol–water partition coefficient (Wildman–Crippen LogP) is -0.985. The van der Waals surface area contributed by atoms with Crippen LogP contribution in [0.3, 0.4) is 0 Å². The number of aliphatic hydroxyl groups is 1. The highest BCUT2D eigenvalue weighted by atomic mass is 16.5. The highest BCUT2D eigenvalue weighted by Gasteiger charge is 2.07. The van der Waals surface area contributed by atoms with Crippen LogP contribution in [0.25, 0.3) is 0 Å². The second-order valence-corrected chi connectivity index (χ2v) is 2.64. The van der Waals surface area contributed by atoms with Gasteiger partial charge in [-0.05, 0) is 0 Å². The molecule has 14 heavy (non-hydrogen) atoms. The van der Waals surface area contributed by atoms with E-state index in [2.05, 4.69) is 5.92 Å². The van der Waals surface area contributed by atoms with Crippen molar-refractivity contribution in [2.24, 2.45) is 0 Å². The number of carbonyl (C=O) groups is 1. The van der Waals surface area contributed by atoms with E-state index >= 15 is 0 Å². The van der Waals surface area contributed by atoms with Crippen LogP contribution in [0.4, 0.5) is 0 Å². The minimum Gasteiger partial charge on any atom is -0.480 e. The molecular weight excluding hydrogens is 186 g/mol. The topological polar surface area (TPSA) is 70.0 Å². The first-order chi connectivity index (χ1) is 6.70. The van der Waals surface area contributed by atoms with Crippen molar-refractivity contribution in [3.8, 4) is 12.3 Å². The van der Waals surface area contributed by atoms with E-state index in [0.29, 0.717) is 13.2 Å². The molecule has 0 bridgehead atoms. The molecule has 5 heteroatoms. The van der Waals surface area contributed by atoms with Crippen LogP contribution in [0, 0.1) is 12.3 Å². The van der Waals surface area contributed by atoms with Crippen LogP contribution in [0.5, 0.6) is 0 Å². The van der Waals surface area contributed by atoms with Gasteiger partial charge in [0, 0.05) is 6.54 Å². The fourth-order valence-corrected chi connectivity index (χ4v) is 0.895. The van der Waals surface area contributed by atoms with Gasteiger partial charge in [-0.1, -0.05) is 5.92 Å². The van der Waals surface area contributed by atoms with Crippen molar-refractivity contribution in [1.29, 1.82) is 0 Å². The number of nitrogens with zero attached hydrogens (tertiary/aromatic N) is 1. The molecular formula is C9H15NO4. The normalized spacial score (nSPS) is 10.1. The Hall–Kier alpha value is -1.09. The standard InChI is InChI=1S/C9H15NO4/c1-2-3-10(8-9(12)13)4-6-14-7-5-11/h1,11H,3-8H2,(H,12,13). The Morgan fingerprint density at radius 2 is 2.21 bits per heavy atom. The third-order valence-electron chi connectivity index (χ3n) is 1.46. The lowest BCUT2D eigenvalue weighted by Gasteiger charge is -2.16. The predicted molar refractivity (Wildman–Crippen MR) is 50.8 cm³/mol. The van der Waals surface area contributed by atoms with Gasteiger partial charge in [-0.3, -0.25) is 9.69 Å². The minimum absolute atomic E-state index is 0.0337. The van der Waals surface area contributed by atoms with Gasteiger partial charge < -0.3 is 14.9 Å². The molecule has 0 unspecified atom stereocenters. The third-order valence-corrected chi connectivity index (χ3v) is 1.46. The fourth-order valence-electron chi connectivity index (χ4n) is 0.895. The first kappa shape index (κ1) is 12.9. The van der Waals surface area contributed by atoms with Gasteiger partial charge in [-0.2, -0.15) is 0 Å². The highest BCUT2D eigenvalue weighted by Crippen LogP contribution is 1.87. The van der Waals surface area contributed by atoms with Crippen molar-refractivity contribution in [3.05, 3.63) is 0 Å². The van der Waals surface area contributed by atoms with E-state index in [9.17, 15) is 4.79 Å². The van der Waals surface area contributed by atoms with E-state index in [1.165, 1.54) is 0 Å². The van der Waals surface area contributed by atoms with Crippen LogP contribution < -0.4 is 0 Å². The lowest BCUT2D eigenvalue weighted by atomic mass is 10.4. The van der Waals surface area contributed by atoms with Gasteiger partial charge in [0.05, 0.1) is 32.9 Å². The zero-order valence-electron chi connectivity index (χ0n) is 7.98. The number of terminal acetylenes is 1. The molecule has 0 heterocycles. The van der Waals surface area contributed by atoms with Crippen molar-refractivity contribution in [2.45, 2.75) is 0 Å². The van der Waals surface area contributed by atoms with Gasteiger partial charge in [0.2, 0.25) is 0 Å². The second-order valence-electron chi connectivity index (χ2n) is 2.64. The number of carboxylic acids is 1. The average molecular weight is 201 g/mol. The van der Waals surface area contributed by atoms with E-state index in [1.54, 1.807) is 4.90 Å². The Morgan fingerprint density at radius 3 is 2.71 bits per heavy atom. The van der Waals surface area contributed by atoms with Gasteiger partial charge in [0.1, 0.15) is 0 Å². The summed E-state index contributed by atoms with van der Waals surface area (Å²) in [6.45, 7) is 1.25. The van der Waals surface area contributed by atoms with Gasteiger partial charge in [-0.25, -0.2) is 0 Å². The molecule has 0 aromatic rings. The Labute approximate surface area is 83.3 Å². The summed E-state index contributed by atoms with van der Waals surface area (Å²) in [7, 11) is 0. The Bertz CT molecular complexity index is 199. The smallest absolute Gasteiger partial charge is 0.317 e. The van der Waals surface area contributed by atoms with Crippen LogP contribution in [0.1, 0.15) is 0 Å². The molecule has 0 fully saturated rings. The minimum atomic E-state index is -0.914. The van der Waals surface area contributed by atoms with Gasteiger partial charge in [-0.15, -0.1) is 6.42 Å². The monoisotopic (exact) mass is 201 g/mol. The summed E-state index contributed by atoms with van der Waals surface area (Å²) in [4.78, 5) is 12.0. The van der Waals surface area contributed by atoms with Crippen LogP contribution in [-0.4, -0.2) is 60.5 Å². The molecule has 0 aliphatic rings. The Morgan fingerprint density at radius 1 is 1.50 bits per heavy atom. The molecule has 0 aromatic carbocycles. The van der Waals surface area contributed by atoms with E-state index < -0.39 is 5.97 Å². The van der Waals surface area contributed by atoms with E-state index in [-0.39, 0.29) is 26.3 Å². The van der Waals surface area contributed by atoms with E-state index in [0.717, 1.165) is 0 Å². The lowest BCUT2D eigenvalue weighted by molar-refractivity contribution is -0.138. The molecule has 0 aromatic heterocycles. The maximum Gasteiger partial charge on any atom is 0.317 e. The van der Waals surface area contributed by atoms with Crippen molar-refractivity contribution in [3.63, 3.8) is 0 Å². The molecule has 0 saturated heterocycles. The second kappa shape index (κ2) is 8.51. The molecule has 0 radical (unpaired) electrons. The van der Waals surface area contributed by atoms with Crippen molar-refractivity contribution in [1.82, 2.24) is 4.90 Å². The molecule has 0 amide bonds. The van der Waals surface area contributed by atoms with Crippen molar-refractivity contribution in [2.75, 3.05) is 39.5 Å². The molecule has 0 aliphatic carbocycles. The Kier molecular flexibility index (Phi) is 7.84. The largest absolute Gasteiger partial charge is 0.480 e. The van der Waals surface area contributed by atoms with Crippen LogP contribution in [0.2, 0.25) is 0 Å². The molecule has 0 saturated carbocycles. The molecule has 0 rings (SSSR count). The number of ether oxygens (including phenoxy) is 1. The first-order valence-corrected chi connectivity index (χ1v) is 4.27. The summed E-state index contributed by atoms with van der Waals surface area (Å²) in [5.41, 5.74) is 0. The number of aliphatic hydroxyl groups excluding tert-OH is 1. The summed E-state index contributed by atoms with van der Waals surface area (Å²) < 4.78 is 4.99. The summed E-state index contributed by atoms with van der Waals surface area (Å²) >= 11 is 0. The first-order valence-electron chi connectivity index (χ1n) is 4.27. The zero-order chi connectivity index (χ0) is 10.8. The molecule has 0 spiro atoms. The SMILES string of the molecule is C#CCN(CCOCCO)CC(=O)O. The van der Waals surface area contributed by atoms with Crippen molar-refractivity contribution < 1.29 is 19.7 Å². The van der Waals surface area contributed by atoms with Gasteiger partial charge >= 0.3 is 5.97 Å². The van der Waals surface area contributed by atoms with Crippen LogP contribution >= 0.6 is 0 Å². The molecule has 0 aliphatic heterocycles. The average Bonchev–Trinajstić information content (AvgIpc) is 2.12. The molecule has 2 N–H and O–H groups in total. The van der Waals surface area contributed by atoms with Crippen molar-refractivity contribution >= 4 is 5.97 Å². The quantitative estimate of drug-likeness (QED) is 0.390. The maximum atomic E-state index is 10.4. The summed E-state index contributed by atoms with van der Waals surface area (Å²) in [5, 5.41) is 16.9. The van der Waals surface area contributed by atoms with E-state index in [4.69, 9.17) is 21.4 Å². The third kappa shape index (κ3) is 7.55. The van der Waals surface area contributed by atoms with Crippen LogP contribution in [-0.2, 0) is 9.53 Å². The van der Waals surface area contributed by atoms with E-state index in [1.807, 2.05) is 0 Å². The number of hydrogen-bond acceptors (Lipinski definition) is 4. The fraction of sp³-hybridized carbons (Fsp3) is 0.667. The molecule has 0 atom stereocenters. The number of rotatable bonds is 8. The number of hydrogen-bond donors (Lipinski definition) is 2.